The molecule has 0 bridgehead atoms. The molecule has 0 spiro atoms. The first-order valence-corrected chi connectivity index (χ1v) is 5.35. The zero-order valence-electron chi connectivity index (χ0n) is 7.98. The molecule has 1 aromatic heterocycles. The summed E-state index contributed by atoms with van der Waals surface area (Å²) in [7, 11) is 2.03. The van der Waals surface area contributed by atoms with E-state index in [2.05, 4.69) is 30.8 Å². The lowest BCUT2D eigenvalue weighted by atomic mass is 10.2. The second-order valence-electron chi connectivity index (χ2n) is 3.33. The Morgan fingerprint density at radius 2 is 2.36 bits per heavy atom. The number of hydrogen-bond donors (Lipinski definition) is 0. The molecule has 76 valence electrons. The van der Waals surface area contributed by atoms with E-state index < -0.39 is 0 Å². The van der Waals surface area contributed by atoms with Gasteiger partial charge in [0.1, 0.15) is 10.4 Å². The molecule has 1 atom stereocenters. The van der Waals surface area contributed by atoms with Crippen molar-refractivity contribution in [2.45, 2.75) is 12.5 Å². The molecule has 0 amide bonds. The average molecular weight is 258 g/mol. The van der Waals surface area contributed by atoms with Crippen molar-refractivity contribution >= 4 is 21.7 Å². The van der Waals surface area contributed by atoms with E-state index in [0.29, 0.717) is 6.04 Å². The quantitative estimate of drug-likeness (QED) is 0.805. The summed E-state index contributed by atoms with van der Waals surface area (Å²) in [5.74, 6) is 0.892. The van der Waals surface area contributed by atoms with Crippen LogP contribution in [0.5, 0.6) is 0 Å². The Labute approximate surface area is 91.4 Å². The van der Waals surface area contributed by atoms with E-state index in [-0.39, 0.29) is 0 Å². The Morgan fingerprint density at radius 3 is 2.93 bits per heavy atom. The number of halogens is 1. The number of nitrogens with zero attached hydrogens (tertiary/aromatic N) is 3. The first-order valence-electron chi connectivity index (χ1n) is 4.55. The molecule has 2 rings (SSSR count). The molecular weight excluding hydrogens is 246 g/mol. The highest BCUT2D eigenvalue weighted by Crippen LogP contribution is 2.17. The Hall–Kier alpha value is -0.680. The van der Waals surface area contributed by atoms with Crippen LogP contribution in [0.1, 0.15) is 6.42 Å². The highest BCUT2D eigenvalue weighted by molar-refractivity contribution is 9.10. The molecule has 0 aliphatic carbocycles. The third kappa shape index (κ3) is 2.04. The van der Waals surface area contributed by atoms with E-state index in [0.717, 1.165) is 30.1 Å². The van der Waals surface area contributed by atoms with Crippen molar-refractivity contribution in [1.29, 1.82) is 0 Å². The molecule has 14 heavy (non-hydrogen) atoms. The van der Waals surface area contributed by atoms with Crippen molar-refractivity contribution in [2.75, 3.05) is 25.2 Å². The summed E-state index contributed by atoms with van der Waals surface area (Å²) in [6.07, 6.45) is 4.54. The van der Waals surface area contributed by atoms with Crippen LogP contribution < -0.4 is 4.90 Å². The van der Waals surface area contributed by atoms with Gasteiger partial charge in [0.05, 0.1) is 25.0 Å². The molecule has 4 nitrogen and oxygen atoms in total. The Bertz CT molecular complexity index is 297. The van der Waals surface area contributed by atoms with Gasteiger partial charge in [0, 0.05) is 13.7 Å². The lowest BCUT2D eigenvalue weighted by molar-refractivity contribution is 0.193. The van der Waals surface area contributed by atoms with Gasteiger partial charge in [-0.1, -0.05) is 0 Å². The topological polar surface area (TPSA) is 38.2 Å². The number of rotatable bonds is 2. The van der Waals surface area contributed by atoms with Crippen LogP contribution in [0.15, 0.2) is 17.0 Å². The highest BCUT2D eigenvalue weighted by atomic mass is 79.9. The zero-order chi connectivity index (χ0) is 9.97. The Balaban J connectivity index is 2.09. The van der Waals surface area contributed by atoms with Gasteiger partial charge in [-0.15, -0.1) is 0 Å². The molecule has 1 fully saturated rings. The monoisotopic (exact) mass is 257 g/mol. The maximum atomic E-state index is 5.32. The van der Waals surface area contributed by atoms with E-state index >= 15 is 0 Å². The summed E-state index contributed by atoms with van der Waals surface area (Å²) < 4.78 is 6.09. The van der Waals surface area contributed by atoms with E-state index in [9.17, 15) is 0 Å². The minimum Gasteiger partial charge on any atom is -0.379 e. The molecule has 0 N–H and O–H groups in total. The zero-order valence-corrected chi connectivity index (χ0v) is 9.57. The number of hydrogen-bond acceptors (Lipinski definition) is 4. The summed E-state index contributed by atoms with van der Waals surface area (Å²) in [4.78, 5) is 10.5. The largest absolute Gasteiger partial charge is 0.379 e. The van der Waals surface area contributed by atoms with Gasteiger partial charge < -0.3 is 9.64 Å². The lowest BCUT2D eigenvalue weighted by Gasteiger charge is -2.23. The van der Waals surface area contributed by atoms with Crippen LogP contribution in [0.25, 0.3) is 0 Å². The van der Waals surface area contributed by atoms with Crippen LogP contribution >= 0.6 is 15.9 Å². The minimum absolute atomic E-state index is 0.436. The highest BCUT2D eigenvalue weighted by Gasteiger charge is 2.21. The molecule has 1 unspecified atom stereocenters. The molecule has 2 heterocycles. The van der Waals surface area contributed by atoms with E-state index in [1.165, 1.54) is 0 Å². The average Bonchev–Trinajstić information content (AvgIpc) is 2.71. The van der Waals surface area contributed by atoms with Crippen LogP contribution in [0.4, 0.5) is 5.82 Å². The lowest BCUT2D eigenvalue weighted by Crippen LogP contribution is -2.32. The molecular formula is C9H12BrN3O. The summed E-state index contributed by atoms with van der Waals surface area (Å²) in [6.45, 7) is 1.63. The minimum atomic E-state index is 0.436. The summed E-state index contributed by atoms with van der Waals surface area (Å²) in [5, 5.41) is 0. The normalized spacial score (nSPS) is 21.1. The van der Waals surface area contributed by atoms with Crippen molar-refractivity contribution < 1.29 is 4.74 Å². The van der Waals surface area contributed by atoms with Crippen molar-refractivity contribution in [2.24, 2.45) is 0 Å². The van der Waals surface area contributed by atoms with Crippen molar-refractivity contribution in [3.8, 4) is 0 Å². The van der Waals surface area contributed by atoms with Gasteiger partial charge in [0.15, 0.2) is 0 Å². The van der Waals surface area contributed by atoms with Crippen LogP contribution in [0.2, 0.25) is 0 Å². The molecule has 1 aliphatic heterocycles. The van der Waals surface area contributed by atoms with E-state index in [1.807, 2.05) is 7.05 Å². The standard InChI is InChI=1S/C9H12BrN3O/c1-13(7-2-3-14-6-7)9-5-11-8(10)4-12-9/h4-5,7H,2-3,6H2,1H3. The van der Waals surface area contributed by atoms with E-state index in [4.69, 9.17) is 4.74 Å². The number of aromatic nitrogens is 2. The van der Waals surface area contributed by atoms with Crippen molar-refractivity contribution in [3.05, 3.63) is 17.0 Å². The van der Waals surface area contributed by atoms with Crippen LogP contribution in [0, 0.1) is 0 Å². The van der Waals surface area contributed by atoms with Crippen molar-refractivity contribution in [1.82, 2.24) is 9.97 Å². The SMILES string of the molecule is CN(c1cnc(Br)cn1)C1CCOC1. The number of ether oxygens (including phenoxy) is 1. The van der Waals surface area contributed by atoms with Crippen LogP contribution in [0.3, 0.4) is 0 Å². The molecule has 0 aromatic carbocycles. The fraction of sp³-hybridized carbons (Fsp3) is 0.556. The predicted octanol–water partition coefficient (Wildman–Crippen LogP) is 1.46. The van der Waals surface area contributed by atoms with Gasteiger partial charge in [0.2, 0.25) is 0 Å². The second-order valence-corrected chi connectivity index (χ2v) is 4.14. The third-order valence-corrected chi connectivity index (χ3v) is 2.83. The summed E-state index contributed by atoms with van der Waals surface area (Å²) in [6, 6.07) is 0.436. The number of likely N-dealkylation sites (N-methyl/N-ethyl adjacent to an activating group) is 1. The molecule has 1 aromatic rings. The van der Waals surface area contributed by atoms with E-state index in [1.54, 1.807) is 12.4 Å². The molecule has 1 aliphatic rings. The Kier molecular flexibility index (Phi) is 2.98. The third-order valence-electron chi connectivity index (χ3n) is 2.42. The fourth-order valence-corrected chi connectivity index (χ4v) is 1.71. The van der Waals surface area contributed by atoms with Crippen LogP contribution in [-0.2, 0) is 4.74 Å². The molecule has 0 radical (unpaired) electrons. The molecule has 5 heteroatoms. The van der Waals surface area contributed by atoms with Gasteiger partial charge in [-0.25, -0.2) is 9.97 Å². The van der Waals surface area contributed by atoms with Gasteiger partial charge in [-0.3, -0.25) is 0 Å². The van der Waals surface area contributed by atoms with Gasteiger partial charge in [0.25, 0.3) is 0 Å². The van der Waals surface area contributed by atoms with Gasteiger partial charge in [-0.05, 0) is 22.4 Å². The van der Waals surface area contributed by atoms with Crippen LogP contribution in [-0.4, -0.2) is 36.3 Å². The summed E-state index contributed by atoms with van der Waals surface area (Å²) in [5.41, 5.74) is 0. The number of anilines is 1. The smallest absolute Gasteiger partial charge is 0.147 e. The maximum Gasteiger partial charge on any atom is 0.147 e. The second kappa shape index (κ2) is 4.23. The predicted molar refractivity (Wildman–Crippen MR) is 57.4 cm³/mol. The first-order chi connectivity index (χ1) is 6.77. The van der Waals surface area contributed by atoms with Crippen molar-refractivity contribution in [3.63, 3.8) is 0 Å². The summed E-state index contributed by atoms with van der Waals surface area (Å²) >= 11 is 3.26. The fourth-order valence-electron chi connectivity index (χ4n) is 1.50. The van der Waals surface area contributed by atoms with Gasteiger partial charge >= 0.3 is 0 Å². The molecule has 1 saturated heterocycles. The maximum absolute atomic E-state index is 5.32. The first kappa shape index (κ1) is 9.86. The van der Waals surface area contributed by atoms with Gasteiger partial charge in [-0.2, -0.15) is 0 Å². The molecule has 0 saturated carbocycles. The Morgan fingerprint density at radius 1 is 1.50 bits per heavy atom.